The van der Waals surface area contributed by atoms with Crippen molar-refractivity contribution in [3.63, 3.8) is 0 Å². The Morgan fingerprint density at radius 2 is 2.05 bits per heavy atom. The van der Waals surface area contributed by atoms with E-state index in [1.54, 1.807) is 0 Å². The van der Waals surface area contributed by atoms with Crippen LogP contribution in [0.25, 0.3) is 0 Å². The number of nitrogens with two attached hydrogens (primary N) is 1. The van der Waals surface area contributed by atoms with Gasteiger partial charge in [-0.3, -0.25) is 4.79 Å². The molecule has 0 aliphatic heterocycles. The van der Waals surface area contributed by atoms with E-state index in [-0.39, 0.29) is 23.9 Å². The number of aryl methyl sites for hydroxylation is 1. The first-order chi connectivity index (χ1) is 8.36. The highest BCUT2D eigenvalue weighted by Crippen LogP contribution is 2.16. The molecule has 0 aromatic heterocycles. The molecule has 0 saturated carbocycles. The number of hydrogen-bond donors (Lipinski definition) is 2. The molecule has 1 aromatic carbocycles. The Morgan fingerprint density at radius 3 is 2.53 bits per heavy atom. The van der Waals surface area contributed by atoms with Crippen molar-refractivity contribution in [2.45, 2.75) is 39.7 Å². The minimum Gasteiger partial charge on any atom is -0.346 e. The van der Waals surface area contributed by atoms with Crippen molar-refractivity contribution in [2.75, 3.05) is 6.54 Å². The normalized spacial score (nSPS) is 13.6. The summed E-state index contributed by atoms with van der Waals surface area (Å²) in [6.07, 6.45) is 0.876. The summed E-state index contributed by atoms with van der Waals surface area (Å²) in [6.45, 7) is 8.69. The van der Waals surface area contributed by atoms with Crippen LogP contribution in [0.15, 0.2) is 24.3 Å². The molecule has 0 fully saturated rings. The molecule has 1 atom stereocenters. The quantitative estimate of drug-likeness (QED) is 0.873. The fourth-order valence-corrected chi connectivity index (χ4v) is 2.22. The third-order valence-corrected chi connectivity index (χ3v) is 3.00. The number of benzene rings is 1. The maximum Gasteiger partial charge on any atom is 0.251 e. The summed E-state index contributed by atoms with van der Waals surface area (Å²) in [7, 11) is 0. The Labute approximate surface area is 122 Å². The lowest BCUT2D eigenvalue weighted by atomic mass is 9.90. The molecule has 3 N–H and O–H groups in total. The standard InChI is InChI=1S/C15H24N2O.ClH/c1-11(2)9-15(4,10-16)17-14(18)13-7-5-6-12(3)8-13;/h5-8,11H,9-10,16H2,1-4H3,(H,17,18);1H. The van der Waals surface area contributed by atoms with Crippen LogP contribution in [0, 0.1) is 12.8 Å². The maximum absolute atomic E-state index is 12.2. The van der Waals surface area contributed by atoms with Gasteiger partial charge in [0.25, 0.3) is 5.91 Å². The fraction of sp³-hybridized carbons (Fsp3) is 0.533. The van der Waals surface area contributed by atoms with Crippen LogP contribution >= 0.6 is 12.4 Å². The van der Waals surface area contributed by atoms with Gasteiger partial charge in [0.05, 0.1) is 0 Å². The molecule has 0 saturated heterocycles. The largest absolute Gasteiger partial charge is 0.346 e. The molecule has 1 aromatic rings. The summed E-state index contributed by atoms with van der Waals surface area (Å²) in [4.78, 5) is 12.2. The lowest BCUT2D eigenvalue weighted by molar-refractivity contribution is 0.0898. The summed E-state index contributed by atoms with van der Waals surface area (Å²) in [6, 6.07) is 7.59. The Bertz CT molecular complexity index is 420. The number of amides is 1. The highest BCUT2D eigenvalue weighted by Gasteiger charge is 2.26. The number of rotatable bonds is 5. The van der Waals surface area contributed by atoms with Crippen LogP contribution < -0.4 is 11.1 Å². The number of hydrogen-bond acceptors (Lipinski definition) is 2. The minimum atomic E-state index is -0.338. The molecule has 0 heterocycles. The highest BCUT2D eigenvalue weighted by molar-refractivity contribution is 5.94. The first-order valence-electron chi connectivity index (χ1n) is 6.45. The van der Waals surface area contributed by atoms with Crippen LogP contribution in [0.3, 0.4) is 0 Å². The first kappa shape index (κ1) is 17.9. The smallest absolute Gasteiger partial charge is 0.251 e. The van der Waals surface area contributed by atoms with Crippen molar-refractivity contribution in [1.82, 2.24) is 5.32 Å². The van der Waals surface area contributed by atoms with Gasteiger partial charge < -0.3 is 11.1 Å². The lowest BCUT2D eigenvalue weighted by Crippen LogP contribution is -2.52. The second kappa shape index (κ2) is 7.51. The van der Waals surface area contributed by atoms with Crippen LogP contribution in [-0.2, 0) is 0 Å². The molecule has 0 bridgehead atoms. The van der Waals surface area contributed by atoms with Gasteiger partial charge >= 0.3 is 0 Å². The fourth-order valence-electron chi connectivity index (χ4n) is 2.22. The van der Waals surface area contributed by atoms with E-state index in [1.807, 2.05) is 38.1 Å². The van der Waals surface area contributed by atoms with E-state index in [0.717, 1.165) is 12.0 Å². The monoisotopic (exact) mass is 284 g/mol. The van der Waals surface area contributed by atoms with Gasteiger partial charge in [-0.1, -0.05) is 31.5 Å². The molecular weight excluding hydrogens is 260 g/mol. The van der Waals surface area contributed by atoms with Crippen LogP contribution in [-0.4, -0.2) is 18.0 Å². The van der Waals surface area contributed by atoms with Crippen molar-refractivity contribution in [2.24, 2.45) is 11.7 Å². The summed E-state index contributed by atoms with van der Waals surface area (Å²) in [5.74, 6) is 0.448. The zero-order valence-electron chi connectivity index (χ0n) is 12.2. The Hall–Kier alpha value is -1.06. The van der Waals surface area contributed by atoms with E-state index in [1.165, 1.54) is 0 Å². The summed E-state index contributed by atoms with van der Waals surface area (Å²) in [5.41, 5.74) is 7.24. The van der Waals surface area contributed by atoms with Crippen LogP contribution in [0.5, 0.6) is 0 Å². The van der Waals surface area contributed by atoms with E-state index in [0.29, 0.717) is 18.0 Å². The molecule has 1 rings (SSSR count). The maximum atomic E-state index is 12.2. The molecule has 0 aliphatic rings. The van der Waals surface area contributed by atoms with Gasteiger partial charge in [-0.05, 0) is 38.3 Å². The Kier molecular flexibility index (Phi) is 7.09. The number of halogens is 1. The molecule has 19 heavy (non-hydrogen) atoms. The summed E-state index contributed by atoms with van der Waals surface area (Å²) in [5, 5.41) is 3.05. The van der Waals surface area contributed by atoms with Gasteiger partial charge in [0.1, 0.15) is 0 Å². The van der Waals surface area contributed by atoms with Crippen LogP contribution in [0.4, 0.5) is 0 Å². The van der Waals surface area contributed by atoms with Gasteiger partial charge in [-0.25, -0.2) is 0 Å². The van der Waals surface area contributed by atoms with Crippen molar-refractivity contribution >= 4 is 18.3 Å². The first-order valence-corrected chi connectivity index (χ1v) is 6.45. The van der Waals surface area contributed by atoms with E-state index < -0.39 is 0 Å². The molecule has 0 aliphatic carbocycles. The predicted molar refractivity (Wildman–Crippen MR) is 82.8 cm³/mol. The Balaban J connectivity index is 0.00000324. The molecule has 108 valence electrons. The van der Waals surface area contributed by atoms with Crippen molar-refractivity contribution in [1.29, 1.82) is 0 Å². The molecule has 1 amide bonds. The average Bonchev–Trinajstić information content (AvgIpc) is 2.27. The second-order valence-electron chi connectivity index (χ2n) is 5.69. The van der Waals surface area contributed by atoms with E-state index in [9.17, 15) is 4.79 Å². The van der Waals surface area contributed by atoms with E-state index >= 15 is 0 Å². The second-order valence-corrected chi connectivity index (χ2v) is 5.69. The van der Waals surface area contributed by atoms with Gasteiger partial charge in [0, 0.05) is 17.6 Å². The molecule has 3 nitrogen and oxygen atoms in total. The molecule has 0 spiro atoms. The number of nitrogens with one attached hydrogen (secondary N) is 1. The van der Waals surface area contributed by atoms with Crippen molar-refractivity contribution in [3.8, 4) is 0 Å². The molecule has 1 unspecified atom stereocenters. The van der Waals surface area contributed by atoms with Crippen molar-refractivity contribution in [3.05, 3.63) is 35.4 Å². The third kappa shape index (κ3) is 5.62. The zero-order chi connectivity index (χ0) is 13.8. The lowest BCUT2D eigenvalue weighted by Gasteiger charge is -2.31. The van der Waals surface area contributed by atoms with Crippen LogP contribution in [0.1, 0.15) is 43.1 Å². The zero-order valence-corrected chi connectivity index (χ0v) is 13.0. The highest BCUT2D eigenvalue weighted by atomic mass is 35.5. The van der Waals surface area contributed by atoms with Gasteiger partial charge in [-0.15, -0.1) is 12.4 Å². The van der Waals surface area contributed by atoms with Gasteiger partial charge in [-0.2, -0.15) is 0 Å². The van der Waals surface area contributed by atoms with E-state index in [4.69, 9.17) is 5.73 Å². The molecule has 4 heteroatoms. The average molecular weight is 285 g/mol. The third-order valence-electron chi connectivity index (χ3n) is 3.00. The SMILES string of the molecule is Cc1cccc(C(=O)NC(C)(CN)CC(C)C)c1.Cl. The molecular formula is C15H25ClN2O. The summed E-state index contributed by atoms with van der Waals surface area (Å²) < 4.78 is 0. The number of carbonyl (C=O) groups is 1. The van der Waals surface area contributed by atoms with Crippen LogP contribution in [0.2, 0.25) is 0 Å². The Morgan fingerprint density at radius 1 is 1.42 bits per heavy atom. The van der Waals surface area contributed by atoms with Crippen molar-refractivity contribution < 1.29 is 4.79 Å². The topological polar surface area (TPSA) is 55.1 Å². The van der Waals surface area contributed by atoms with Gasteiger partial charge in [0.15, 0.2) is 0 Å². The van der Waals surface area contributed by atoms with Gasteiger partial charge in [0.2, 0.25) is 0 Å². The molecule has 0 radical (unpaired) electrons. The number of carbonyl (C=O) groups excluding carboxylic acids is 1. The summed E-state index contributed by atoms with van der Waals surface area (Å²) >= 11 is 0. The minimum absolute atomic E-state index is 0. The predicted octanol–water partition coefficient (Wildman–Crippen LogP) is 2.91. The van der Waals surface area contributed by atoms with E-state index in [2.05, 4.69) is 19.2 Å².